The van der Waals surface area contributed by atoms with E-state index in [4.69, 9.17) is 18.9 Å². The predicted molar refractivity (Wildman–Crippen MR) is 229 cm³/mol. The molecule has 0 aliphatic carbocycles. The van der Waals surface area contributed by atoms with Crippen LogP contribution in [0.5, 0.6) is 0 Å². The molecule has 1 rings (SSSR count). The Morgan fingerprint density at radius 1 is 0.569 bits per heavy atom. The van der Waals surface area contributed by atoms with E-state index in [1.54, 1.807) is 6.08 Å². The number of ether oxygens (including phenoxy) is 4. The number of aliphatic hydroxyl groups is 3. The summed E-state index contributed by atoms with van der Waals surface area (Å²) < 4.78 is 21.6. The van der Waals surface area contributed by atoms with E-state index >= 15 is 0 Å². The van der Waals surface area contributed by atoms with Crippen LogP contribution in [-0.2, 0) is 33.3 Å². The van der Waals surface area contributed by atoms with Gasteiger partial charge in [0.15, 0.2) is 18.5 Å². The summed E-state index contributed by atoms with van der Waals surface area (Å²) in [6.07, 6.45) is 36.9. The standard InChI is InChI=1S/C47H76O11/c1-3-5-7-9-11-13-15-17-19-20-22-24-26-28-30-32-34-36-41(49)57-39(38-56-47-44(52)42(50)43(51)45(58-47)46(53)54)37-55-40(48)35-33-31-29-27-25-23-21-18-16-14-12-10-8-6-4-2/h6,8,12,14,17-19,21,25,27,31,33,39,42-45,47,50-52H,3-5,7,9-11,13,15-16,20,22-24,26,28-30,32,34-38H2,1-2H3,(H,53,54)/b8-6-,14-12-,19-17-,21-18-,27-25-,33-31-. The van der Waals surface area contributed by atoms with Crippen molar-refractivity contribution in [1.82, 2.24) is 0 Å². The van der Waals surface area contributed by atoms with Crippen LogP contribution in [0.15, 0.2) is 72.9 Å². The maximum atomic E-state index is 12.8. The summed E-state index contributed by atoms with van der Waals surface area (Å²) >= 11 is 0. The van der Waals surface area contributed by atoms with Crippen molar-refractivity contribution in [3.05, 3.63) is 72.9 Å². The van der Waals surface area contributed by atoms with Gasteiger partial charge in [-0.25, -0.2) is 4.79 Å². The molecule has 4 N–H and O–H groups in total. The number of esters is 2. The number of carbonyl (C=O) groups excluding carboxylic acids is 2. The third kappa shape index (κ3) is 28.1. The molecule has 11 nitrogen and oxygen atoms in total. The van der Waals surface area contributed by atoms with Gasteiger partial charge in [0.1, 0.15) is 24.9 Å². The van der Waals surface area contributed by atoms with E-state index in [1.165, 1.54) is 57.8 Å². The Morgan fingerprint density at radius 2 is 1.07 bits per heavy atom. The summed E-state index contributed by atoms with van der Waals surface area (Å²) in [5.74, 6) is -2.62. The average Bonchev–Trinajstić information content (AvgIpc) is 3.21. The number of rotatable bonds is 35. The number of carboxylic acids is 1. The molecular weight excluding hydrogens is 741 g/mol. The molecule has 1 saturated heterocycles. The Labute approximate surface area is 348 Å². The zero-order valence-electron chi connectivity index (χ0n) is 35.5. The van der Waals surface area contributed by atoms with Gasteiger partial charge in [-0.2, -0.15) is 0 Å². The van der Waals surface area contributed by atoms with Crippen molar-refractivity contribution in [2.75, 3.05) is 13.2 Å². The van der Waals surface area contributed by atoms with E-state index in [2.05, 4.69) is 68.5 Å². The second-order valence-electron chi connectivity index (χ2n) is 14.8. The highest BCUT2D eigenvalue weighted by molar-refractivity contribution is 5.73. The molecule has 0 spiro atoms. The van der Waals surface area contributed by atoms with Crippen LogP contribution in [0, 0.1) is 0 Å². The van der Waals surface area contributed by atoms with Crippen LogP contribution < -0.4 is 0 Å². The molecule has 0 radical (unpaired) electrons. The molecule has 58 heavy (non-hydrogen) atoms. The van der Waals surface area contributed by atoms with E-state index in [0.29, 0.717) is 12.8 Å². The van der Waals surface area contributed by atoms with Gasteiger partial charge < -0.3 is 39.4 Å². The highest BCUT2D eigenvalue weighted by atomic mass is 16.7. The van der Waals surface area contributed by atoms with Crippen LogP contribution in [0.25, 0.3) is 0 Å². The molecule has 0 amide bonds. The summed E-state index contributed by atoms with van der Waals surface area (Å²) in [6, 6.07) is 0. The Hall–Kier alpha value is -3.35. The second-order valence-corrected chi connectivity index (χ2v) is 14.8. The van der Waals surface area contributed by atoms with E-state index < -0.39 is 61.3 Å². The Bertz CT molecular complexity index is 1240. The normalized spacial score (nSPS) is 20.7. The number of unbranched alkanes of at least 4 members (excludes halogenated alkanes) is 13. The molecule has 1 aliphatic heterocycles. The molecule has 6 atom stereocenters. The predicted octanol–water partition coefficient (Wildman–Crippen LogP) is 9.31. The first kappa shape index (κ1) is 52.7. The van der Waals surface area contributed by atoms with Crippen molar-refractivity contribution in [1.29, 1.82) is 0 Å². The number of aliphatic carboxylic acids is 1. The van der Waals surface area contributed by atoms with Crippen molar-refractivity contribution in [3.8, 4) is 0 Å². The molecule has 11 heteroatoms. The van der Waals surface area contributed by atoms with Gasteiger partial charge in [-0.1, -0.05) is 151 Å². The summed E-state index contributed by atoms with van der Waals surface area (Å²) in [4.78, 5) is 36.7. The first-order valence-electron chi connectivity index (χ1n) is 22.0. The van der Waals surface area contributed by atoms with Crippen LogP contribution >= 0.6 is 0 Å². The number of hydrogen-bond donors (Lipinski definition) is 4. The van der Waals surface area contributed by atoms with Crippen LogP contribution in [0.2, 0.25) is 0 Å². The molecule has 330 valence electrons. The van der Waals surface area contributed by atoms with Crippen LogP contribution in [0.3, 0.4) is 0 Å². The van der Waals surface area contributed by atoms with Crippen molar-refractivity contribution in [3.63, 3.8) is 0 Å². The van der Waals surface area contributed by atoms with E-state index in [0.717, 1.165) is 57.8 Å². The summed E-state index contributed by atoms with van der Waals surface area (Å²) in [6.45, 7) is 3.59. The van der Waals surface area contributed by atoms with Crippen molar-refractivity contribution < 1.29 is 53.8 Å². The van der Waals surface area contributed by atoms with Gasteiger partial charge in [-0.15, -0.1) is 0 Å². The second kappa shape index (κ2) is 36.7. The first-order chi connectivity index (χ1) is 28.2. The number of allylic oxidation sites excluding steroid dienone is 11. The first-order valence-corrected chi connectivity index (χ1v) is 22.0. The van der Waals surface area contributed by atoms with Crippen LogP contribution in [-0.4, -0.2) is 88.4 Å². The molecule has 6 unspecified atom stereocenters. The maximum absolute atomic E-state index is 12.8. The molecule has 0 aromatic rings. The molecule has 0 bridgehead atoms. The third-order valence-electron chi connectivity index (χ3n) is 9.57. The fraction of sp³-hybridized carbons (Fsp3) is 0.681. The van der Waals surface area contributed by atoms with E-state index in [1.807, 2.05) is 12.2 Å². The molecule has 0 saturated carbocycles. The summed E-state index contributed by atoms with van der Waals surface area (Å²) in [5, 5.41) is 39.8. The molecule has 1 heterocycles. The quantitative estimate of drug-likeness (QED) is 0.0273. The minimum atomic E-state index is -1.88. The van der Waals surface area contributed by atoms with Gasteiger partial charge in [0.05, 0.1) is 13.0 Å². The SMILES string of the molecule is CC/C=C\C/C=C\C/C=C\C/C=C\C/C=C\CC(=O)OCC(COC1OC(C(=O)O)C(O)C(O)C1O)OC(=O)CCCCCCCCC/C=C\CCCCCCCC. The number of carbonyl (C=O) groups is 3. The van der Waals surface area contributed by atoms with Gasteiger partial charge >= 0.3 is 17.9 Å². The van der Waals surface area contributed by atoms with Gasteiger partial charge in [-0.05, 0) is 64.2 Å². The minimum absolute atomic E-state index is 0.000175. The highest BCUT2D eigenvalue weighted by Crippen LogP contribution is 2.23. The Kier molecular flexibility index (Phi) is 33.3. The van der Waals surface area contributed by atoms with Gasteiger partial charge in [0, 0.05) is 6.42 Å². The largest absolute Gasteiger partial charge is 0.479 e. The highest BCUT2D eigenvalue weighted by Gasteiger charge is 2.47. The molecule has 0 aromatic heterocycles. The third-order valence-corrected chi connectivity index (χ3v) is 9.57. The topological polar surface area (TPSA) is 169 Å². The maximum Gasteiger partial charge on any atom is 0.335 e. The summed E-state index contributed by atoms with van der Waals surface area (Å²) in [5.41, 5.74) is 0. The lowest BCUT2D eigenvalue weighted by Crippen LogP contribution is -2.60. The van der Waals surface area contributed by atoms with Gasteiger partial charge in [-0.3, -0.25) is 9.59 Å². The molecule has 1 fully saturated rings. The molecule has 1 aliphatic rings. The van der Waals surface area contributed by atoms with E-state index in [9.17, 15) is 34.8 Å². The smallest absolute Gasteiger partial charge is 0.335 e. The van der Waals surface area contributed by atoms with Gasteiger partial charge in [0.25, 0.3) is 0 Å². The molecular formula is C47H76O11. The zero-order chi connectivity index (χ0) is 42.5. The number of carboxylic acid groups (broad SMARTS) is 1. The summed E-state index contributed by atoms with van der Waals surface area (Å²) in [7, 11) is 0. The van der Waals surface area contributed by atoms with Crippen molar-refractivity contribution in [2.45, 2.75) is 192 Å². The Morgan fingerprint density at radius 3 is 1.60 bits per heavy atom. The monoisotopic (exact) mass is 817 g/mol. The Balaban J connectivity index is 2.45. The number of hydrogen-bond acceptors (Lipinski definition) is 10. The van der Waals surface area contributed by atoms with Crippen LogP contribution in [0.1, 0.15) is 155 Å². The lowest BCUT2D eigenvalue weighted by atomic mass is 9.99. The van der Waals surface area contributed by atoms with Gasteiger partial charge in [0.2, 0.25) is 0 Å². The zero-order valence-corrected chi connectivity index (χ0v) is 35.5. The number of aliphatic hydroxyl groups excluding tert-OH is 3. The van der Waals surface area contributed by atoms with Crippen molar-refractivity contribution in [2.24, 2.45) is 0 Å². The average molecular weight is 817 g/mol. The molecule has 0 aromatic carbocycles. The van der Waals surface area contributed by atoms with Crippen molar-refractivity contribution >= 4 is 17.9 Å². The van der Waals surface area contributed by atoms with Crippen LogP contribution in [0.4, 0.5) is 0 Å². The fourth-order valence-corrected chi connectivity index (χ4v) is 6.12. The minimum Gasteiger partial charge on any atom is -0.479 e. The lowest BCUT2D eigenvalue weighted by Gasteiger charge is -2.38. The lowest BCUT2D eigenvalue weighted by molar-refractivity contribution is -0.298. The van der Waals surface area contributed by atoms with E-state index in [-0.39, 0.29) is 19.4 Å². The fourth-order valence-electron chi connectivity index (χ4n) is 6.12.